The van der Waals surface area contributed by atoms with Gasteiger partial charge in [0.05, 0.1) is 17.0 Å². The summed E-state index contributed by atoms with van der Waals surface area (Å²) in [6, 6.07) is 0. The van der Waals surface area contributed by atoms with E-state index in [2.05, 4.69) is 6.58 Å². The minimum atomic E-state index is -3.51. The number of aliphatic hydroxyl groups excluding tert-OH is 1. The first-order chi connectivity index (χ1) is 10.3. The van der Waals surface area contributed by atoms with E-state index in [4.69, 9.17) is 0 Å². The number of ketones is 1. The number of rotatable bonds is 6. The van der Waals surface area contributed by atoms with E-state index < -0.39 is 10.0 Å². The van der Waals surface area contributed by atoms with Gasteiger partial charge in [0.1, 0.15) is 5.76 Å². The minimum absolute atomic E-state index is 0.0481. The molecule has 124 valence electrons. The quantitative estimate of drug-likeness (QED) is 0.462. The third-order valence-electron chi connectivity index (χ3n) is 3.72. The number of carbonyl (C=O) groups is 1. The average molecular weight is 327 g/mol. The van der Waals surface area contributed by atoms with E-state index in [0.717, 1.165) is 18.4 Å². The highest BCUT2D eigenvalue weighted by molar-refractivity contribution is 7.89. The molecule has 0 radical (unpaired) electrons. The van der Waals surface area contributed by atoms with E-state index >= 15 is 0 Å². The van der Waals surface area contributed by atoms with Crippen molar-refractivity contribution >= 4 is 15.8 Å². The lowest BCUT2D eigenvalue weighted by molar-refractivity contribution is -0.113. The summed E-state index contributed by atoms with van der Waals surface area (Å²) in [6.45, 7) is 8.37. The Morgan fingerprint density at radius 3 is 2.45 bits per heavy atom. The molecule has 1 aliphatic heterocycles. The first-order valence-electron chi connectivity index (χ1n) is 7.50. The molecule has 5 nitrogen and oxygen atoms in total. The van der Waals surface area contributed by atoms with E-state index in [1.54, 1.807) is 13.0 Å². The summed E-state index contributed by atoms with van der Waals surface area (Å²) in [5.74, 6) is -0.537. The van der Waals surface area contributed by atoms with E-state index in [1.165, 1.54) is 18.2 Å². The molecule has 1 rings (SSSR count). The standard InChI is InChI=1S/C16H25NO4S/c1-5-9-14-10-7-8-11-17(22(20,21)6-2)16(14)15(12(3)18)13(4)19/h5,18H,1,6-11H2,2-4H3. The number of hydrogen-bond donors (Lipinski definition) is 1. The summed E-state index contributed by atoms with van der Waals surface area (Å²) < 4.78 is 26.2. The van der Waals surface area contributed by atoms with Crippen LogP contribution in [0.25, 0.3) is 0 Å². The predicted octanol–water partition coefficient (Wildman–Crippen LogP) is 3.07. The van der Waals surface area contributed by atoms with Crippen LogP contribution in [0.4, 0.5) is 0 Å². The normalized spacial score (nSPS) is 17.9. The van der Waals surface area contributed by atoms with Crippen LogP contribution in [0, 0.1) is 0 Å². The monoisotopic (exact) mass is 327 g/mol. The van der Waals surface area contributed by atoms with Crippen LogP contribution >= 0.6 is 0 Å². The smallest absolute Gasteiger partial charge is 0.234 e. The number of sulfonamides is 1. The lowest BCUT2D eigenvalue weighted by Crippen LogP contribution is -2.34. The van der Waals surface area contributed by atoms with Crippen molar-refractivity contribution in [2.24, 2.45) is 0 Å². The van der Waals surface area contributed by atoms with Gasteiger partial charge in [0.2, 0.25) is 10.0 Å². The van der Waals surface area contributed by atoms with Crippen LogP contribution in [0.15, 0.2) is 35.3 Å². The van der Waals surface area contributed by atoms with Gasteiger partial charge in [-0.2, -0.15) is 0 Å². The van der Waals surface area contributed by atoms with Crippen LogP contribution in [-0.2, 0) is 14.8 Å². The summed E-state index contributed by atoms with van der Waals surface area (Å²) in [6.07, 6.45) is 4.45. The van der Waals surface area contributed by atoms with Crippen molar-refractivity contribution < 1.29 is 18.3 Å². The SMILES string of the molecule is C=CCC1=C(C(C(C)=O)=C(C)O)N(S(=O)(=O)CC)CCCC1. The molecule has 0 bridgehead atoms. The van der Waals surface area contributed by atoms with Crippen LogP contribution in [0.1, 0.15) is 46.5 Å². The molecule has 0 unspecified atom stereocenters. The van der Waals surface area contributed by atoms with Crippen molar-refractivity contribution in [2.75, 3.05) is 12.3 Å². The van der Waals surface area contributed by atoms with Gasteiger partial charge in [-0.15, -0.1) is 6.58 Å². The Morgan fingerprint density at radius 2 is 2.00 bits per heavy atom. The average Bonchev–Trinajstić information content (AvgIpc) is 2.62. The fourth-order valence-electron chi connectivity index (χ4n) is 2.70. The van der Waals surface area contributed by atoms with Gasteiger partial charge in [-0.25, -0.2) is 8.42 Å². The highest BCUT2D eigenvalue weighted by Gasteiger charge is 2.31. The first kappa shape index (κ1) is 18.5. The maximum Gasteiger partial charge on any atom is 0.234 e. The van der Waals surface area contributed by atoms with Crippen LogP contribution in [-0.4, -0.2) is 35.9 Å². The van der Waals surface area contributed by atoms with Gasteiger partial charge in [-0.3, -0.25) is 9.10 Å². The van der Waals surface area contributed by atoms with E-state index in [1.807, 2.05) is 0 Å². The Labute approximate surface area is 133 Å². The van der Waals surface area contributed by atoms with Crippen LogP contribution < -0.4 is 0 Å². The van der Waals surface area contributed by atoms with Crippen LogP contribution in [0.2, 0.25) is 0 Å². The lowest BCUT2D eigenvalue weighted by Gasteiger charge is -2.28. The Balaban J connectivity index is 3.67. The molecule has 0 aromatic heterocycles. The zero-order chi connectivity index (χ0) is 16.9. The van der Waals surface area contributed by atoms with Gasteiger partial charge in [0.25, 0.3) is 0 Å². The molecule has 1 N–H and O–H groups in total. The van der Waals surface area contributed by atoms with Crippen molar-refractivity contribution in [1.82, 2.24) is 4.31 Å². The van der Waals surface area contributed by atoms with Crippen molar-refractivity contribution in [3.8, 4) is 0 Å². The first-order valence-corrected chi connectivity index (χ1v) is 9.11. The summed E-state index contributed by atoms with van der Waals surface area (Å²) in [5.41, 5.74) is 1.28. The molecule has 22 heavy (non-hydrogen) atoms. The molecule has 0 fully saturated rings. The second kappa shape index (κ2) is 7.63. The third-order valence-corrected chi connectivity index (χ3v) is 5.48. The molecule has 0 aliphatic carbocycles. The lowest BCUT2D eigenvalue weighted by atomic mass is 9.97. The molecule has 0 aromatic carbocycles. The maximum absolute atomic E-state index is 12.5. The molecule has 1 aliphatic rings. The second-order valence-corrected chi connectivity index (χ2v) is 7.57. The van der Waals surface area contributed by atoms with E-state index in [9.17, 15) is 18.3 Å². The van der Waals surface area contributed by atoms with Crippen molar-refractivity contribution in [2.45, 2.75) is 46.5 Å². The van der Waals surface area contributed by atoms with Gasteiger partial charge in [-0.05, 0) is 52.0 Å². The fraction of sp³-hybridized carbons (Fsp3) is 0.562. The van der Waals surface area contributed by atoms with Crippen molar-refractivity contribution in [3.05, 3.63) is 35.3 Å². The highest BCUT2D eigenvalue weighted by Crippen LogP contribution is 2.33. The van der Waals surface area contributed by atoms with Crippen molar-refractivity contribution in [3.63, 3.8) is 0 Å². The number of hydrogen-bond acceptors (Lipinski definition) is 4. The minimum Gasteiger partial charge on any atom is -0.512 e. The Kier molecular flexibility index (Phi) is 6.41. The van der Waals surface area contributed by atoms with Gasteiger partial charge in [0, 0.05) is 6.54 Å². The molecular weight excluding hydrogens is 302 g/mol. The van der Waals surface area contributed by atoms with Gasteiger partial charge in [-0.1, -0.05) is 6.08 Å². The molecular formula is C16H25NO4S. The molecule has 1 heterocycles. The zero-order valence-corrected chi connectivity index (χ0v) is 14.4. The number of carbonyl (C=O) groups excluding carboxylic acids is 1. The highest BCUT2D eigenvalue weighted by atomic mass is 32.2. The Morgan fingerprint density at radius 1 is 1.36 bits per heavy atom. The topological polar surface area (TPSA) is 74.7 Å². The van der Waals surface area contributed by atoms with Gasteiger partial charge < -0.3 is 5.11 Å². The molecule has 6 heteroatoms. The number of nitrogens with zero attached hydrogens (tertiary/aromatic N) is 1. The zero-order valence-electron chi connectivity index (χ0n) is 13.6. The third kappa shape index (κ3) is 4.00. The van der Waals surface area contributed by atoms with E-state index in [-0.39, 0.29) is 22.9 Å². The van der Waals surface area contributed by atoms with Crippen LogP contribution in [0.3, 0.4) is 0 Å². The molecule has 0 amide bonds. The summed E-state index contributed by atoms with van der Waals surface area (Å²) in [5, 5.41) is 9.95. The molecule has 0 saturated carbocycles. The van der Waals surface area contributed by atoms with E-state index in [0.29, 0.717) is 25.1 Å². The molecule has 0 saturated heterocycles. The molecule has 0 spiro atoms. The fourth-order valence-corrected chi connectivity index (χ4v) is 3.92. The number of aliphatic hydroxyl groups is 1. The Hall–Kier alpha value is -1.56. The summed E-state index contributed by atoms with van der Waals surface area (Å²) >= 11 is 0. The van der Waals surface area contributed by atoms with Gasteiger partial charge >= 0.3 is 0 Å². The molecule has 0 atom stereocenters. The van der Waals surface area contributed by atoms with Crippen molar-refractivity contribution in [1.29, 1.82) is 0 Å². The van der Waals surface area contributed by atoms with Crippen LogP contribution in [0.5, 0.6) is 0 Å². The Bertz CT molecular complexity index is 610. The molecule has 0 aromatic rings. The summed E-state index contributed by atoms with van der Waals surface area (Å²) in [4.78, 5) is 12.0. The summed E-state index contributed by atoms with van der Waals surface area (Å²) in [7, 11) is -3.51. The number of Topliss-reactive ketones (excluding diaryl/α,β-unsaturated/α-hetero) is 1. The number of allylic oxidation sites excluding steroid dienone is 4. The second-order valence-electron chi connectivity index (χ2n) is 5.39. The largest absolute Gasteiger partial charge is 0.512 e. The van der Waals surface area contributed by atoms with Gasteiger partial charge in [0.15, 0.2) is 5.78 Å². The maximum atomic E-state index is 12.5. The predicted molar refractivity (Wildman–Crippen MR) is 87.9 cm³/mol.